The Balaban J connectivity index is 1.42. The molecule has 0 unspecified atom stereocenters. The summed E-state index contributed by atoms with van der Waals surface area (Å²) in [5, 5.41) is 5.87. The maximum absolute atomic E-state index is 12.3. The van der Waals surface area contributed by atoms with Crippen molar-refractivity contribution in [2.75, 3.05) is 11.9 Å². The van der Waals surface area contributed by atoms with Crippen LogP contribution in [0.4, 0.5) is 10.5 Å². The lowest BCUT2D eigenvalue weighted by atomic mass is 10.1. The molecular weight excluding hydrogens is 386 g/mol. The van der Waals surface area contributed by atoms with Crippen molar-refractivity contribution in [3.63, 3.8) is 0 Å². The zero-order valence-electron chi connectivity index (χ0n) is 18.1. The van der Waals surface area contributed by atoms with Gasteiger partial charge in [0.05, 0.1) is 0 Å². The number of aryl methyl sites for hydroxylation is 4. The van der Waals surface area contributed by atoms with Gasteiger partial charge in [-0.2, -0.15) is 0 Å². The van der Waals surface area contributed by atoms with Crippen molar-refractivity contribution in [2.45, 2.75) is 33.7 Å². The fourth-order valence-electron chi connectivity index (χ4n) is 3.65. The molecule has 31 heavy (non-hydrogen) atoms. The van der Waals surface area contributed by atoms with Gasteiger partial charge in [0.2, 0.25) is 0 Å². The first kappa shape index (κ1) is 20.6. The second-order valence-corrected chi connectivity index (χ2v) is 7.85. The highest BCUT2D eigenvalue weighted by Gasteiger charge is 2.13. The van der Waals surface area contributed by atoms with Gasteiger partial charge in [0.1, 0.15) is 11.3 Å². The number of nitrogens with one attached hydrogen (secondary N) is 2. The molecule has 158 valence electrons. The van der Waals surface area contributed by atoms with E-state index in [2.05, 4.69) is 57.4 Å². The fourth-order valence-corrected chi connectivity index (χ4v) is 3.65. The Morgan fingerprint density at radius 2 is 1.77 bits per heavy atom. The Hall–Kier alpha value is -3.67. The number of urea groups is 1. The Labute approximate surface area is 182 Å². The molecule has 0 atom stereocenters. The molecule has 0 bridgehead atoms. The first-order valence-corrected chi connectivity index (χ1v) is 10.5. The van der Waals surface area contributed by atoms with E-state index in [1.54, 1.807) is 6.20 Å². The first-order chi connectivity index (χ1) is 15.0. The second-order valence-electron chi connectivity index (χ2n) is 7.85. The van der Waals surface area contributed by atoms with Gasteiger partial charge in [-0.3, -0.25) is 0 Å². The summed E-state index contributed by atoms with van der Waals surface area (Å²) in [6, 6.07) is 18.0. The van der Waals surface area contributed by atoms with Crippen LogP contribution in [-0.2, 0) is 6.54 Å². The minimum Gasteiger partial charge on any atom is -0.338 e. The number of benzene rings is 2. The number of amides is 2. The number of anilines is 1. The van der Waals surface area contributed by atoms with E-state index in [0.29, 0.717) is 13.1 Å². The summed E-state index contributed by atoms with van der Waals surface area (Å²) in [5.74, 6) is 0.897. The molecule has 2 heterocycles. The highest BCUT2D eigenvalue weighted by molar-refractivity contribution is 5.90. The Morgan fingerprint density at radius 3 is 2.55 bits per heavy atom. The Bertz CT molecular complexity index is 1210. The second kappa shape index (κ2) is 9.00. The van der Waals surface area contributed by atoms with Gasteiger partial charge in [0.15, 0.2) is 5.65 Å². The van der Waals surface area contributed by atoms with Crippen LogP contribution in [0.25, 0.3) is 22.6 Å². The average Bonchev–Trinajstić information content (AvgIpc) is 3.12. The van der Waals surface area contributed by atoms with Gasteiger partial charge in [-0.05, 0) is 51.0 Å². The summed E-state index contributed by atoms with van der Waals surface area (Å²) in [6.45, 7) is 7.36. The van der Waals surface area contributed by atoms with E-state index in [1.165, 1.54) is 11.1 Å². The molecule has 4 aromatic rings. The van der Waals surface area contributed by atoms with Crippen LogP contribution in [0, 0.1) is 20.8 Å². The number of aromatic nitrogens is 3. The highest BCUT2D eigenvalue weighted by Crippen LogP contribution is 2.24. The van der Waals surface area contributed by atoms with Crippen LogP contribution in [0.1, 0.15) is 23.1 Å². The standard InChI is InChI=1S/C25H27N5O/c1-17-7-10-20(11-8-17)23-28-22-6-4-13-26-24(22)30(23)15-5-14-27-25(31)29-21-12-9-18(2)16-19(21)3/h4,6-13,16H,5,14-15H2,1-3H3,(H2,27,29,31). The summed E-state index contributed by atoms with van der Waals surface area (Å²) >= 11 is 0. The molecule has 0 aliphatic carbocycles. The number of fused-ring (bicyclic) bond motifs is 1. The van der Waals surface area contributed by atoms with E-state index < -0.39 is 0 Å². The molecule has 0 fully saturated rings. The van der Waals surface area contributed by atoms with Gasteiger partial charge >= 0.3 is 6.03 Å². The molecule has 4 rings (SSSR count). The lowest BCUT2D eigenvalue weighted by molar-refractivity contribution is 0.252. The summed E-state index contributed by atoms with van der Waals surface area (Å²) in [4.78, 5) is 21.6. The molecule has 0 radical (unpaired) electrons. The van der Waals surface area contributed by atoms with Crippen molar-refractivity contribution in [1.29, 1.82) is 0 Å². The largest absolute Gasteiger partial charge is 0.338 e. The van der Waals surface area contributed by atoms with Gasteiger partial charge in [0, 0.05) is 30.5 Å². The maximum atomic E-state index is 12.3. The minimum atomic E-state index is -0.195. The average molecular weight is 414 g/mol. The molecule has 2 aromatic carbocycles. The van der Waals surface area contributed by atoms with E-state index in [-0.39, 0.29) is 6.03 Å². The molecule has 2 N–H and O–H groups in total. The first-order valence-electron chi connectivity index (χ1n) is 10.5. The van der Waals surface area contributed by atoms with Gasteiger partial charge < -0.3 is 15.2 Å². The molecule has 0 aliphatic heterocycles. The minimum absolute atomic E-state index is 0.195. The molecule has 6 heteroatoms. The zero-order chi connectivity index (χ0) is 21.8. The number of pyridine rings is 1. The van der Waals surface area contributed by atoms with Crippen LogP contribution in [0.5, 0.6) is 0 Å². The molecular formula is C25H27N5O. The highest BCUT2D eigenvalue weighted by atomic mass is 16.2. The quantitative estimate of drug-likeness (QED) is 0.425. The van der Waals surface area contributed by atoms with E-state index >= 15 is 0 Å². The lowest BCUT2D eigenvalue weighted by Crippen LogP contribution is -2.30. The summed E-state index contributed by atoms with van der Waals surface area (Å²) in [5.41, 5.74) is 7.06. The number of nitrogens with zero attached hydrogens (tertiary/aromatic N) is 3. The monoisotopic (exact) mass is 413 g/mol. The van der Waals surface area contributed by atoms with Crippen molar-refractivity contribution in [1.82, 2.24) is 19.9 Å². The molecule has 2 amide bonds. The summed E-state index contributed by atoms with van der Waals surface area (Å²) in [6.07, 6.45) is 2.55. The predicted molar refractivity (Wildman–Crippen MR) is 125 cm³/mol. The third-order valence-electron chi connectivity index (χ3n) is 5.29. The van der Waals surface area contributed by atoms with E-state index in [4.69, 9.17) is 4.98 Å². The number of carbonyl (C=O) groups excluding carboxylic acids is 1. The molecule has 6 nitrogen and oxygen atoms in total. The van der Waals surface area contributed by atoms with Crippen LogP contribution >= 0.6 is 0 Å². The third kappa shape index (κ3) is 4.74. The maximum Gasteiger partial charge on any atom is 0.319 e. The normalized spacial score (nSPS) is 10.9. The smallest absolute Gasteiger partial charge is 0.319 e. The molecule has 0 saturated carbocycles. The number of imidazole rings is 1. The van der Waals surface area contributed by atoms with Crippen molar-refractivity contribution < 1.29 is 4.79 Å². The number of hydrogen-bond donors (Lipinski definition) is 2. The van der Waals surface area contributed by atoms with Gasteiger partial charge in [-0.15, -0.1) is 0 Å². The van der Waals surface area contributed by atoms with E-state index in [0.717, 1.165) is 40.2 Å². The van der Waals surface area contributed by atoms with Crippen LogP contribution in [0.15, 0.2) is 60.8 Å². The predicted octanol–water partition coefficient (Wildman–Crippen LogP) is 5.24. The van der Waals surface area contributed by atoms with Crippen molar-refractivity contribution in [3.05, 3.63) is 77.5 Å². The topological polar surface area (TPSA) is 71.8 Å². The fraction of sp³-hybridized carbons (Fsp3) is 0.240. The van der Waals surface area contributed by atoms with Gasteiger partial charge in [0.25, 0.3) is 0 Å². The Kier molecular flexibility index (Phi) is 5.98. The lowest BCUT2D eigenvalue weighted by Gasteiger charge is -2.12. The van der Waals surface area contributed by atoms with Gasteiger partial charge in [-0.25, -0.2) is 14.8 Å². The summed E-state index contributed by atoms with van der Waals surface area (Å²) < 4.78 is 2.13. The number of hydrogen-bond acceptors (Lipinski definition) is 3. The number of carbonyl (C=O) groups is 1. The molecule has 0 saturated heterocycles. The molecule has 2 aromatic heterocycles. The molecule has 0 aliphatic rings. The summed E-state index contributed by atoms with van der Waals surface area (Å²) in [7, 11) is 0. The van der Waals surface area contributed by atoms with Crippen LogP contribution in [-0.4, -0.2) is 27.1 Å². The zero-order valence-corrected chi connectivity index (χ0v) is 18.1. The van der Waals surface area contributed by atoms with E-state index in [1.807, 2.05) is 38.1 Å². The van der Waals surface area contributed by atoms with E-state index in [9.17, 15) is 4.79 Å². The van der Waals surface area contributed by atoms with Crippen LogP contribution < -0.4 is 10.6 Å². The molecule has 0 spiro atoms. The van der Waals surface area contributed by atoms with Gasteiger partial charge in [-0.1, -0.05) is 47.5 Å². The van der Waals surface area contributed by atoms with Crippen molar-refractivity contribution in [2.24, 2.45) is 0 Å². The number of rotatable bonds is 6. The SMILES string of the molecule is Cc1ccc(-c2nc3cccnc3n2CCCNC(=O)Nc2ccc(C)cc2C)cc1. The third-order valence-corrected chi connectivity index (χ3v) is 5.29. The van der Waals surface area contributed by atoms with Crippen LogP contribution in [0.3, 0.4) is 0 Å². The van der Waals surface area contributed by atoms with Crippen LogP contribution in [0.2, 0.25) is 0 Å². The van der Waals surface area contributed by atoms with Crippen molar-refractivity contribution in [3.8, 4) is 11.4 Å². The Morgan fingerprint density at radius 1 is 1.00 bits per heavy atom. The van der Waals surface area contributed by atoms with Crippen molar-refractivity contribution >= 4 is 22.9 Å².